The second kappa shape index (κ2) is 9.63. The number of rotatable bonds is 5. The molecule has 3 rings (SSSR count). The van der Waals surface area contributed by atoms with Crippen LogP contribution in [0.1, 0.15) is 25.9 Å². The zero-order chi connectivity index (χ0) is 17.6. The Bertz CT molecular complexity index is 762. The Balaban J connectivity index is 0.00000243. The number of nitrogens with zero attached hydrogens (tertiary/aromatic N) is 2. The van der Waals surface area contributed by atoms with Gasteiger partial charge in [-0.05, 0) is 24.7 Å². The third-order valence-electron chi connectivity index (χ3n) is 3.81. The molecule has 140 valence electrons. The molecule has 0 aliphatic carbocycles. The number of morpholine rings is 1. The number of thiazole rings is 1. The maximum absolute atomic E-state index is 12.5. The van der Waals surface area contributed by atoms with Crippen LogP contribution in [-0.4, -0.2) is 54.5 Å². The van der Waals surface area contributed by atoms with E-state index in [0.717, 1.165) is 5.01 Å². The molecule has 2 aromatic rings. The van der Waals surface area contributed by atoms with Crippen LogP contribution in [0.4, 0.5) is 5.69 Å². The van der Waals surface area contributed by atoms with Crippen LogP contribution in [0, 0.1) is 0 Å². The molecule has 0 bridgehead atoms. The molecule has 0 radical (unpaired) electrons. The van der Waals surface area contributed by atoms with Gasteiger partial charge in [0.15, 0.2) is 0 Å². The standard InChI is InChI=1S/C17H20N4O3S.ClH/c18-5-4-15-20-14(11-25-15)16(22)19-13-3-1-2-12(10-13)17(23)21-6-8-24-9-7-21;/h1-3,10-11H,4-9,18H2,(H,19,22);1H. The van der Waals surface area contributed by atoms with Crippen molar-refractivity contribution in [1.29, 1.82) is 0 Å². The van der Waals surface area contributed by atoms with Gasteiger partial charge in [-0.2, -0.15) is 0 Å². The SMILES string of the molecule is Cl.NCCc1nc(C(=O)Nc2cccc(C(=O)N3CCOCC3)c2)cs1. The molecule has 0 atom stereocenters. The summed E-state index contributed by atoms with van der Waals surface area (Å²) in [6.07, 6.45) is 0.654. The van der Waals surface area contributed by atoms with Crippen molar-refractivity contribution in [2.75, 3.05) is 38.2 Å². The molecule has 1 aliphatic heterocycles. The van der Waals surface area contributed by atoms with Crippen LogP contribution in [0.25, 0.3) is 0 Å². The number of carbonyl (C=O) groups excluding carboxylic acids is 2. The Labute approximate surface area is 162 Å². The van der Waals surface area contributed by atoms with Gasteiger partial charge in [0, 0.05) is 36.1 Å². The van der Waals surface area contributed by atoms with Gasteiger partial charge in [-0.25, -0.2) is 4.98 Å². The van der Waals surface area contributed by atoms with Crippen molar-refractivity contribution in [3.05, 3.63) is 45.9 Å². The first-order valence-corrected chi connectivity index (χ1v) is 8.98. The van der Waals surface area contributed by atoms with Crippen LogP contribution in [0.5, 0.6) is 0 Å². The predicted molar refractivity (Wildman–Crippen MR) is 103 cm³/mol. The first-order chi connectivity index (χ1) is 12.2. The summed E-state index contributed by atoms with van der Waals surface area (Å²) in [4.78, 5) is 30.8. The number of halogens is 1. The lowest BCUT2D eigenvalue weighted by atomic mass is 10.1. The molecule has 0 unspecified atom stereocenters. The van der Waals surface area contributed by atoms with Gasteiger partial charge in [0.1, 0.15) is 5.69 Å². The number of hydrogen-bond acceptors (Lipinski definition) is 6. The summed E-state index contributed by atoms with van der Waals surface area (Å²) in [6, 6.07) is 6.93. The zero-order valence-electron chi connectivity index (χ0n) is 14.1. The lowest BCUT2D eigenvalue weighted by molar-refractivity contribution is 0.0303. The fourth-order valence-corrected chi connectivity index (χ4v) is 3.32. The number of hydrogen-bond donors (Lipinski definition) is 2. The Hall–Kier alpha value is -2.00. The van der Waals surface area contributed by atoms with E-state index < -0.39 is 0 Å². The van der Waals surface area contributed by atoms with Gasteiger partial charge < -0.3 is 20.7 Å². The van der Waals surface area contributed by atoms with Crippen molar-refractivity contribution in [1.82, 2.24) is 9.88 Å². The Morgan fingerprint density at radius 2 is 2.08 bits per heavy atom. The molecule has 7 nitrogen and oxygen atoms in total. The highest BCUT2D eigenvalue weighted by Gasteiger charge is 2.19. The molecular formula is C17H21ClN4O3S. The Morgan fingerprint density at radius 1 is 1.31 bits per heavy atom. The van der Waals surface area contributed by atoms with Crippen molar-refractivity contribution in [3.63, 3.8) is 0 Å². The first kappa shape index (κ1) is 20.3. The average Bonchev–Trinajstić information content (AvgIpc) is 3.11. The summed E-state index contributed by atoms with van der Waals surface area (Å²) < 4.78 is 5.27. The van der Waals surface area contributed by atoms with E-state index in [1.807, 2.05) is 0 Å². The Morgan fingerprint density at radius 3 is 2.81 bits per heavy atom. The fraction of sp³-hybridized carbons (Fsp3) is 0.353. The molecule has 0 saturated carbocycles. The van der Waals surface area contributed by atoms with Crippen LogP contribution >= 0.6 is 23.7 Å². The van der Waals surface area contributed by atoms with Crippen molar-refractivity contribution in [2.45, 2.75) is 6.42 Å². The summed E-state index contributed by atoms with van der Waals surface area (Å²) in [5, 5.41) is 5.34. The molecule has 1 fully saturated rings. The van der Waals surface area contributed by atoms with E-state index in [2.05, 4.69) is 10.3 Å². The molecule has 1 saturated heterocycles. The average molecular weight is 397 g/mol. The molecule has 2 amide bonds. The topological polar surface area (TPSA) is 97.5 Å². The van der Waals surface area contributed by atoms with Crippen molar-refractivity contribution in [2.24, 2.45) is 5.73 Å². The van der Waals surface area contributed by atoms with Gasteiger partial charge in [0.05, 0.1) is 18.2 Å². The summed E-state index contributed by atoms with van der Waals surface area (Å²) in [6.45, 7) is 2.77. The minimum Gasteiger partial charge on any atom is -0.378 e. The molecule has 1 aliphatic rings. The van der Waals surface area contributed by atoms with Gasteiger partial charge in [-0.3, -0.25) is 9.59 Å². The highest BCUT2D eigenvalue weighted by Crippen LogP contribution is 2.16. The number of amides is 2. The summed E-state index contributed by atoms with van der Waals surface area (Å²) in [5.74, 6) is -0.353. The van der Waals surface area contributed by atoms with Crippen LogP contribution < -0.4 is 11.1 Å². The molecule has 26 heavy (non-hydrogen) atoms. The lowest BCUT2D eigenvalue weighted by Gasteiger charge is -2.27. The molecular weight excluding hydrogens is 376 g/mol. The molecule has 2 heterocycles. The summed E-state index contributed by atoms with van der Waals surface area (Å²) in [5.41, 5.74) is 6.97. The maximum atomic E-state index is 12.5. The van der Waals surface area contributed by atoms with Gasteiger partial charge in [0.25, 0.3) is 11.8 Å². The largest absolute Gasteiger partial charge is 0.378 e. The number of nitrogens with one attached hydrogen (secondary N) is 1. The molecule has 0 spiro atoms. The first-order valence-electron chi connectivity index (χ1n) is 8.10. The van der Waals surface area contributed by atoms with Crippen LogP contribution in [-0.2, 0) is 11.2 Å². The number of nitrogens with two attached hydrogens (primary N) is 1. The smallest absolute Gasteiger partial charge is 0.275 e. The highest BCUT2D eigenvalue weighted by atomic mass is 35.5. The van der Waals surface area contributed by atoms with Crippen LogP contribution in [0.3, 0.4) is 0 Å². The molecule has 3 N–H and O–H groups in total. The van der Waals surface area contributed by atoms with Gasteiger partial charge in [-0.1, -0.05) is 6.07 Å². The molecule has 1 aromatic heterocycles. The van der Waals surface area contributed by atoms with E-state index in [4.69, 9.17) is 10.5 Å². The molecule has 1 aromatic carbocycles. The lowest BCUT2D eigenvalue weighted by Crippen LogP contribution is -2.40. The quantitative estimate of drug-likeness (QED) is 0.803. The number of carbonyl (C=O) groups is 2. The highest BCUT2D eigenvalue weighted by molar-refractivity contribution is 7.09. The van der Waals surface area contributed by atoms with E-state index in [9.17, 15) is 9.59 Å². The third kappa shape index (κ3) is 5.01. The van der Waals surface area contributed by atoms with E-state index in [1.54, 1.807) is 34.5 Å². The van der Waals surface area contributed by atoms with E-state index >= 15 is 0 Å². The van der Waals surface area contributed by atoms with Crippen LogP contribution in [0.15, 0.2) is 29.6 Å². The summed E-state index contributed by atoms with van der Waals surface area (Å²) >= 11 is 1.42. The predicted octanol–water partition coefficient (Wildman–Crippen LogP) is 1.79. The maximum Gasteiger partial charge on any atom is 0.275 e. The Kier molecular flexibility index (Phi) is 7.52. The van der Waals surface area contributed by atoms with Gasteiger partial charge in [-0.15, -0.1) is 23.7 Å². The van der Waals surface area contributed by atoms with Crippen molar-refractivity contribution >= 4 is 41.2 Å². The fourth-order valence-electron chi connectivity index (χ4n) is 2.53. The van der Waals surface area contributed by atoms with E-state index in [1.165, 1.54) is 11.3 Å². The van der Waals surface area contributed by atoms with Gasteiger partial charge in [0.2, 0.25) is 0 Å². The minimum atomic E-state index is -0.296. The third-order valence-corrected chi connectivity index (χ3v) is 4.72. The number of anilines is 1. The van der Waals surface area contributed by atoms with E-state index in [0.29, 0.717) is 56.2 Å². The van der Waals surface area contributed by atoms with Gasteiger partial charge >= 0.3 is 0 Å². The van der Waals surface area contributed by atoms with Crippen LogP contribution in [0.2, 0.25) is 0 Å². The number of aromatic nitrogens is 1. The second-order valence-electron chi connectivity index (χ2n) is 5.60. The normalized spacial score (nSPS) is 13.8. The zero-order valence-corrected chi connectivity index (χ0v) is 15.8. The van der Waals surface area contributed by atoms with Crippen molar-refractivity contribution in [3.8, 4) is 0 Å². The number of benzene rings is 1. The molecule has 9 heteroatoms. The monoisotopic (exact) mass is 396 g/mol. The van der Waals surface area contributed by atoms with Crippen molar-refractivity contribution < 1.29 is 14.3 Å². The second-order valence-corrected chi connectivity index (χ2v) is 6.55. The number of ether oxygens (including phenoxy) is 1. The van der Waals surface area contributed by atoms with E-state index in [-0.39, 0.29) is 24.2 Å². The minimum absolute atomic E-state index is 0. The summed E-state index contributed by atoms with van der Waals surface area (Å²) in [7, 11) is 0.